The summed E-state index contributed by atoms with van der Waals surface area (Å²) in [5.41, 5.74) is 1.12. The molecule has 1 aromatic carbocycles. The van der Waals surface area contributed by atoms with Crippen LogP contribution < -0.4 is 10.6 Å². The van der Waals surface area contributed by atoms with Crippen LogP contribution in [0.4, 0.5) is 4.79 Å². The number of carbonyl (C=O) groups excluding carboxylic acids is 1. The number of benzene rings is 1. The molecule has 0 radical (unpaired) electrons. The standard InChI is InChI=1S/C15H17ClN2OS/c1-11-5-6-14(20-11)10-18-15(19)17-8-7-12-3-2-4-13(16)9-12/h2-6,9H,7-8,10H2,1H3,(H2,17,18,19). The van der Waals surface area contributed by atoms with Crippen LogP contribution in [0, 0.1) is 6.92 Å². The zero-order valence-corrected chi connectivity index (χ0v) is 12.9. The van der Waals surface area contributed by atoms with Gasteiger partial charge in [-0.3, -0.25) is 0 Å². The van der Waals surface area contributed by atoms with Crippen LogP contribution in [0.2, 0.25) is 5.02 Å². The molecule has 1 heterocycles. The second kappa shape index (κ2) is 7.31. The van der Waals surface area contributed by atoms with Gasteiger partial charge in [-0.25, -0.2) is 4.79 Å². The first-order valence-electron chi connectivity index (χ1n) is 6.45. The summed E-state index contributed by atoms with van der Waals surface area (Å²) < 4.78 is 0. The van der Waals surface area contributed by atoms with Gasteiger partial charge in [0.1, 0.15) is 0 Å². The molecule has 3 nitrogen and oxygen atoms in total. The molecule has 5 heteroatoms. The Balaban J connectivity index is 1.67. The minimum Gasteiger partial charge on any atom is -0.338 e. The van der Waals surface area contributed by atoms with Crippen LogP contribution in [-0.4, -0.2) is 12.6 Å². The Bertz CT molecular complexity index is 583. The number of hydrogen-bond donors (Lipinski definition) is 2. The highest BCUT2D eigenvalue weighted by Crippen LogP contribution is 2.14. The highest BCUT2D eigenvalue weighted by Gasteiger charge is 2.02. The molecule has 2 aromatic rings. The molecule has 0 spiro atoms. The fraction of sp³-hybridized carbons (Fsp3) is 0.267. The Hall–Kier alpha value is -1.52. The molecule has 0 aliphatic rings. The van der Waals surface area contributed by atoms with Gasteiger partial charge in [-0.2, -0.15) is 0 Å². The molecule has 0 bridgehead atoms. The average Bonchev–Trinajstić information content (AvgIpc) is 2.82. The summed E-state index contributed by atoms with van der Waals surface area (Å²) in [5, 5.41) is 6.41. The molecule has 2 N–H and O–H groups in total. The minimum atomic E-state index is -0.141. The molecule has 0 aliphatic heterocycles. The maximum absolute atomic E-state index is 11.6. The van der Waals surface area contributed by atoms with E-state index in [1.165, 1.54) is 4.88 Å². The lowest BCUT2D eigenvalue weighted by atomic mass is 10.1. The smallest absolute Gasteiger partial charge is 0.315 e. The highest BCUT2D eigenvalue weighted by atomic mass is 35.5. The second-order valence-corrected chi connectivity index (χ2v) is 6.31. The van der Waals surface area contributed by atoms with Crippen LogP contribution in [0.1, 0.15) is 15.3 Å². The van der Waals surface area contributed by atoms with Gasteiger partial charge in [0.25, 0.3) is 0 Å². The van der Waals surface area contributed by atoms with Crippen LogP contribution >= 0.6 is 22.9 Å². The van der Waals surface area contributed by atoms with Crippen molar-refractivity contribution in [1.82, 2.24) is 10.6 Å². The van der Waals surface area contributed by atoms with E-state index >= 15 is 0 Å². The first kappa shape index (κ1) is 14.9. The number of thiophene rings is 1. The van der Waals surface area contributed by atoms with Crippen molar-refractivity contribution in [3.05, 3.63) is 56.7 Å². The highest BCUT2D eigenvalue weighted by molar-refractivity contribution is 7.11. The third-order valence-corrected chi connectivity index (χ3v) is 4.04. The SMILES string of the molecule is Cc1ccc(CNC(=O)NCCc2cccc(Cl)c2)s1. The molecule has 0 aliphatic carbocycles. The zero-order valence-electron chi connectivity index (χ0n) is 11.3. The summed E-state index contributed by atoms with van der Waals surface area (Å²) in [6, 6.07) is 11.6. The third-order valence-electron chi connectivity index (χ3n) is 2.81. The first-order valence-corrected chi connectivity index (χ1v) is 7.64. The Morgan fingerprint density at radius 3 is 2.80 bits per heavy atom. The van der Waals surface area contributed by atoms with E-state index in [0.717, 1.165) is 21.9 Å². The lowest BCUT2D eigenvalue weighted by molar-refractivity contribution is 0.240. The first-order chi connectivity index (χ1) is 9.63. The van der Waals surface area contributed by atoms with Crippen LogP contribution in [0.25, 0.3) is 0 Å². The molecule has 20 heavy (non-hydrogen) atoms. The van der Waals surface area contributed by atoms with Crippen molar-refractivity contribution in [2.24, 2.45) is 0 Å². The Morgan fingerprint density at radius 2 is 2.10 bits per heavy atom. The molecule has 0 atom stereocenters. The number of carbonyl (C=O) groups is 1. The van der Waals surface area contributed by atoms with Gasteiger partial charge in [-0.1, -0.05) is 23.7 Å². The van der Waals surface area contributed by atoms with Gasteiger partial charge < -0.3 is 10.6 Å². The molecular weight excluding hydrogens is 292 g/mol. The van der Waals surface area contributed by atoms with E-state index in [4.69, 9.17) is 11.6 Å². The number of amides is 2. The predicted octanol–water partition coefficient (Wildman–Crippen LogP) is 3.75. The lowest BCUT2D eigenvalue weighted by Crippen LogP contribution is -2.36. The van der Waals surface area contributed by atoms with Gasteiger partial charge in [-0.15, -0.1) is 11.3 Å². The summed E-state index contributed by atoms with van der Waals surface area (Å²) in [7, 11) is 0. The summed E-state index contributed by atoms with van der Waals surface area (Å²) in [6.07, 6.45) is 0.770. The molecular formula is C15H17ClN2OS. The molecule has 2 amide bonds. The van der Waals surface area contributed by atoms with Crippen molar-refractivity contribution in [2.75, 3.05) is 6.54 Å². The molecule has 1 aromatic heterocycles. The largest absolute Gasteiger partial charge is 0.338 e. The van der Waals surface area contributed by atoms with E-state index in [9.17, 15) is 4.79 Å². The van der Waals surface area contributed by atoms with E-state index in [1.807, 2.05) is 30.3 Å². The molecule has 2 rings (SSSR count). The lowest BCUT2D eigenvalue weighted by Gasteiger charge is -2.07. The monoisotopic (exact) mass is 308 g/mol. The normalized spacial score (nSPS) is 10.3. The van der Waals surface area contributed by atoms with E-state index in [1.54, 1.807) is 11.3 Å². The molecule has 0 fully saturated rings. The molecule has 0 saturated carbocycles. The quantitative estimate of drug-likeness (QED) is 0.867. The van der Waals surface area contributed by atoms with Crippen molar-refractivity contribution in [1.29, 1.82) is 0 Å². The minimum absolute atomic E-state index is 0.141. The average molecular weight is 309 g/mol. The van der Waals surface area contributed by atoms with E-state index in [0.29, 0.717) is 13.1 Å². The fourth-order valence-electron chi connectivity index (χ4n) is 1.82. The molecule has 0 unspecified atom stereocenters. The number of halogens is 1. The topological polar surface area (TPSA) is 41.1 Å². The van der Waals surface area contributed by atoms with E-state index in [2.05, 4.69) is 23.6 Å². The van der Waals surface area contributed by atoms with Crippen LogP contribution in [0.5, 0.6) is 0 Å². The van der Waals surface area contributed by atoms with Crippen molar-refractivity contribution in [3.8, 4) is 0 Å². The van der Waals surface area contributed by atoms with Gasteiger partial charge in [0.05, 0.1) is 6.54 Å². The third kappa shape index (κ3) is 4.87. The Morgan fingerprint density at radius 1 is 1.25 bits per heavy atom. The van der Waals surface area contributed by atoms with Crippen LogP contribution in [0.3, 0.4) is 0 Å². The second-order valence-electron chi connectivity index (χ2n) is 4.50. The number of nitrogens with one attached hydrogen (secondary N) is 2. The van der Waals surface area contributed by atoms with Crippen LogP contribution in [0.15, 0.2) is 36.4 Å². The van der Waals surface area contributed by atoms with Crippen molar-refractivity contribution in [3.63, 3.8) is 0 Å². The number of rotatable bonds is 5. The van der Waals surface area contributed by atoms with E-state index < -0.39 is 0 Å². The fourth-order valence-corrected chi connectivity index (χ4v) is 2.87. The summed E-state index contributed by atoms with van der Waals surface area (Å²) >= 11 is 7.60. The maximum atomic E-state index is 11.6. The molecule has 0 saturated heterocycles. The number of hydrogen-bond acceptors (Lipinski definition) is 2. The number of urea groups is 1. The van der Waals surface area contributed by atoms with E-state index in [-0.39, 0.29) is 6.03 Å². The van der Waals surface area contributed by atoms with Crippen LogP contribution in [-0.2, 0) is 13.0 Å². The van der Waals surface area contributed by atoms with Crippen molar-refractivity contribution in [2.45, 2.75) is 19.9 Å². The van der Waals surface area contributed by atoms with Gasteiger partial charge in [-0.05, 0) is 43.2 Å². The maximum Gasteiger partial charge on any atom is 0.315 e. The number of aryl methyl sites for hydroxylation is 1. The summed E-state index contributed by atoms with van der Waals surface area (Å²) in [4.78, 5) is 14.0. The zero-order chi connectivity index (χ0) is 14.4. The predicted molar refractivity (Wildman–Crippen MR) is 84.5 cm³/mol. The summed E-state index contributed by atoms with van der Waals surface area (Å²) in [6.45, 7) is 3.22. The molecule has 106 valence electrons. The van der Waals surface area contributed by atoms with Crippen molar-refractivity contribution < 1.29 is 4.79 Å². The Labute approximate surface area is 128 Å². The Kier molecular flexibility index (Phi) is 5.44. The van der Waals surface area contributed by atoms with Gasteiger partial charge in [0, 0.05) is 21.3 Å². The van der Waals surface area contributed by atoms with Gasteiger partial charge in [0.15, 0.2) is 0 Å². The van der Waals surface area contributed by atoms with Gasteiger partial charge in [0.2, 0.25) is 0 Å². The van der Waals surface area contributed by atoms with Gasteiger partial charge >= 0.3 is 6.03 Å². The summed E-state index contributed by atoms with van der Waals surface area (Å²) in [5.74, 6) is 0. The van der Waals surface area contributed by atoms with Crippen molar-refractivity contribution >= 4 is 29.0 Å².